The predicted molar refractivity (Wildman–Crippen MR) is 128 cm³/mol. The van der Waals surface area contributed by atoms with E-state index in [1.54, 1.807) is 63.7 Å². The molecule has 170 valence electrons. The van der Waals surface area contributed by atoms with Crippen LogP contribution in [0, 0.1) is 0 Å². The van der Waals surface area contributed by atoms with Crippen molar-refractivity contribution >= 4 is 49.8 Å². The maximum atomic E-state index is 13.4. The minimum absolute atomic E-state index is 0.0160. The van der Waals surface area contributed by atoms with Crippen molar-refractivity contribution in [1.82, 2.24) is 13.9 Å². The van der Waals surface area contributed by atoms with Crippen LogP contribution in [0.25, 0.3) is 10.9 Å². The summed E-state index contributed by atoms with van der Waals surface area (Å²) in [5.74, 6) is 0.309. The first-order valence-corrected chi connectivity index (χ1v) is 11.7. The Bertz CT molecular complexity index is 1450. The molecule has 1 amide bonds. The van der Waals surface area contributed by atoms with Gasteiger partial charge in [-0.3, -0.25) is 9.78 Å². The molecular weight excluding hydrogens is 464 g/mol. The normalized spacial score (nSPS) is 11.4. The molecule has 10 heteroatoms. The highest BCUT2D eigenvalue weighted by Crippen LogP contribution is 2.33. The fourth-order valence-electron chi connectivity index (χ4n) is 3.38. The van der Waals surface area contributed by atoms with Gasteiger partial charge in [-0.15, -0.1) is 0 Å². The molecule has 2 aromatic heterocycles. The number of nitrogens with one attached hydrogen (secondary N) is 1. The number of nitrogens with zero attached hydrogens (tertiary/aromatic N) is 3. The summed E-state index contributed by atoms with van der Waals surface area (Å²) in [6.07, 6.45) is 4.11. The highest BCUT2D eigenvalue weighted by Gasteiger charge is 2.25. The molecular formula is C23H21ClN4O4S. The van der Waals surface area contributed by atoms with Crippen molar-refractivity contribution in [3.05, 3.63) is 77.7 Å². The molecule has 4 aromatic rings. The van der Waals surface area contributed by atoms with E-state index in [9.17, 15) is 13.2 Å². The fourth-order valence-corrected chi connectivity index (χ4v) is 4.92. The number of benzene rings is 2. The zero-order valence-corrected chi connectivity index (χ0v) is 19.7. The summed E-state index contributed by atoms with van der Waals surface area (Å²) in [4.78, 5) is 18.1. The van der Waals surface area contributed by atoms with Gasteiger partial charge in [0.2, 0.25) is 0 Å². The maximum absolute atomic E-state index is 13.4. The lowest BCUT2D eigenvalue weighted by Gasteiger charge is -2.12. The van der Waals surface area contributed by atoms with Crippen LogP contribution in [0.1, 0.15) is 10.4 Å². The van der Waals surface area contributed by atoms with Gasteiger partial charge in [-0.05, 0) is 42.5 Å². The Kier molecular flexibility index (Phi) is 6.01. The molecule has 33 heavy (non-hydrogen) atoms. The van der Waals surface area contributed by atoms with Gasteiger partial charge in [-0.2, -0.15) is 0 Å². The van der Waals surface area contributed by atoms with Gasteiger partial charge in [0.1, 0.15) is 10.6 Å². The number of hydrogen-bond donors (Lipinski definition) is 1. The SMILES string of the molecule is COc1ccc(Nc2ccc3c(C(=O)N(C)C)cn(S(=O)(=O)c4cccnc4)c3c2)c(Cl)c1. The number of aromatic nitrogens is 2. The molecule has 0 saturated heterocycles. The second-order valence-electron chi connectivity index (χ2n) is 7.43. The largest absolute Gasteiger partial charge is 0.497 e. The molecule has 0 aliphatic heterocycles. The quantitative estimate of drug-likeness (QED) is 0.436. The van der Waals surface area contributed by atoms with Crippen molar-refractivity contribution in [2.24, 2.45) is 0 Å². The van der Waals surface area contributed by atoms with Crippen LogP contribution in [-0.2, 0) is 10.0 Å². The smallest absolute Gasteiger partial charge is 0.269 e. The number of halogens is 1. The van der Waals surface area contributed by atoms with Crippen molar-refractivity contribution in [1.29, 1.82) is 0 Å². The van der Waals surface area contributed by atoms with Crippen LogP contribution in [0.2, 0.25) is 5.02 Å². The number of carbonyl (C=O) groups is 1. The molecule has 0 saturated carbocycles. The summed E-state index contributed by atoms with van der Waals surface area (Å²) in [7, 11) is 0.782. The third kappa shape index (κ3) is 4.24. The first-order valence-electron chi connectivity index (χ1n) is 9.85. The molecule has 0 spiro atoms. The number of hydrogen-bond acceptors (Lipinski definition) is 6. The standard InChI is InChI=1S/C23H21ClN4O4S/c1-27(2)23(29)19-14-28(33(30,31)17-5-4-10-25-13-17)22-11-15(6-8-18(19)22)26-21-9-7-16(32-3)12-20(21)24/h4-14,26H,1-3H3. The lowest BCUT2D eigenvalue weighted by atomic mass is 10.1. The third-order valence-corrected chi connectivity index (χ3v) is 7.02. The molecule has 0 atom stereocenters. The van der Waals surface area contributed by atoms with Crippen LogP contribution >= 0.6 is 11.6 Å². The Balaban J connectivity index is 1.87. The first-order chi connectivity index (χ1) is 15.7. The van der Waals surface area contributed by atoms with E-state index < -0.39 is 10.0 Å². The monoisotopic (exact) mass is 484 g/mol. The molecule has 8 nitrogen and oxygen atoms in total. The van der Waals surface area contributed by atoms with E-state index in [4.69, 9.17) is 16.3 Å². The van der Waals surface area contributed by atoms with Crippen LogP contribution in [0.15, 0.2) is 72.0 Å². The Morgan fingerprint density at radius 1 is 1.15 bits per heavy atom. The van der Waals surface area contributed by atoms with Crippen molar-refractivity contribution in [3.63, 3.8) is 0 Å². The van der Waals surface area contributed by atoms with Gasteiger partial charge < -0.3 is 15.0 Å². The Hall–Kier alpha value is -3.56. The van der Waals surface area contributed by atoms with Crippen molar-refractivity contribution in [2.75, 3.05) is 26.5 Å². The van der Waals surface area contributed by atoms with Gasteiger partial charge in [0.25, 0.3) is 15.9 Å². The van der Waals surface area contributed by atoms with Gasteiger partial charge in [-0.25, -0.2) is 12.4 Å². The predicted octanol–water partition coefficient (Wildman–Crippen LogP) is 4.38. The molecule has 2 aromatic carbocycles. The Morgan fingerprint density at radius 2 is 1.94 bits per heavy atom. The number of ether oxygens (including phenoxy) is 1. The summed E-state index contributed by atoms with van der Waals surface area (Å²) in [6, 6.07) is 13.3. The van der Waals surface area contributed by atoms with Crippen molar-refractivity contribution in [2.45, 2.75) is 4.90 Å². The second kappa shape index (κ2) is 8.76. The third-order valence-electron chi connectivity index (χ3n) is 5.05. The van der Waals surface area contributed by atoms with Crippen LogP contribution < -0.4 is 10.1 Å². The fraction of sp³-hybridized carbons (Fsp3) is 0.130. The van der Waals surface area contributed by atoms with Gasteiger partial charge in [0.05, 0.1) is 28.9 Å². The Morgan fingerprint density at radius 3 is 2.58 bits per heavy atom. The summed E-state index contributed by atoms with van der Waals surface area (Å²) >= 11 is 6.34. The van der Waals surface area contributed by atoms with Crippen LogP contribution in [0.4, 0.5) is 11.4 Å². The van der Waals surface area contributed by atoms with E-state index in [-0.39, 0.29) is 16.4 Å². The van der Waals surface area contributed by atoms with E-state index >= 15 is 0 Å². The average Bonchev–Trinajstić information content (AvgIpc) is 3.20. The highest BCUT2D eigenvalue weighted by molar-refractivity contribution is 7.90. The van der Waals surface area contributed by atoms with E-state index in [0.29, 0.717) is 33.0 Å². The zero-order valence-electron chi connectivity index (χ0n) is 18.1. The molecule has 0 radical (unpaired) electrons. The van der Waals surface area contributed by atoms with Gasteiger partial charge >= 0.3 is 0 Å². The second-order valence-corrected chi connectivity index (χ2v) is 9.66. The lowest BCUT2D eigenvalue weighted by molar-refractivity contribution is 0.0829. The summed E-state index contributed by atoms with van der Waals surface area (Å²) in [6.45, 7) is 0. The van der Waals surface area contributed by atoms with E-state index in [2.05, 4.69) is 10.3 Å². The molecule has 0 fully saturated rings. The van der Waals surface area contributed by atoms with E-state index in [1.165, 1.54) is 29.6 Å². The van der Waals surface area contributed by atoms with Crippen molar-refractivity contribution in [3.8, 4) is 5.75 Å². The number of methoxy groups -OCH3 is 1. The average molecular weight is 485 g/mol. The molecule has 0 unspecified atom stereocenters. The highest BCUT2D eigenvalue weighted by atomic mass is 35.5. The molecule has 4 rings (SSSR count). The number of pyridine rings is 1. The topological polar surface area (TPSA) is 93.5 Å². The summed E-state index contributed by atoms with van der Waals surface area (Å²) in [5, 5.41) is 4.14. The molecule has 0 aliphatic rings. The minimum Gasteiger partial charge on any atom is -0.497 e. The lowest BCUT2D eigenvalue weighted by Crippen LogP contribution is -2.21. The van der Waals surface area contributed by atoms with Gasteiger partial charge in [0.15, 0.2) is 0 Å². The molecule has 1 N–H and O–H groups in total. The maximum Gasteiger partial charge on any atom is 0.269 e. The minimum atomic E-state index is -4.00. The van der Waals surface area contributed by atoms with E-state index in [1.807, 2.05) is 0 Å². The first kappa shape index (κ1) is 22.6. The molecule has 0 bridgehead atoms. The van der Waals surface area contributed by atoms with Crippen molar-refractivity contribution < 1.29 is 17.9 Å². The summed E-state index contributed by atoms with van der Waals surface area (Å²) < 4.78 is 33.1. The van der Waals surface area contributed by atoms with Gasteiger partial charge in [0, 0.05) is 49.8 Å². The number of amides is 1. The Labute approximate surface area is 196 Å². The number of carbonyl (C=O) groups excluding carboxylic acids is 1. The number of fused-ring (bicyclic) bond motifs is 1. The number of anilines is 2. The molecule has 0 aliphatic carbocycles. The molecule has 2 heterocycles. The van der Waals surface area contributed by atoms with Gasteiger partial charge in [-0.1, -0.05) is 11.6 Å². The zero-order chi connectivity index (χ0) is 23.8. The van der Waals surface area contributed by atoms with Crippen LogP contribution in [-0.4, -0.2) is 49.4 Å². The van der Waals surface area contributed by atoms with E-state index in [0.717, 1.165) is 3.97 Å². The van der Waals surface area contributed by atoms with Crippen LogP contribution in [0.3, 0.4) is 0 Å². The number of rotatable bonds is 6. The summed E-state index contributed by atoms with van der Waals surface area (Å²) in [5.41, 5.74) is 1.84. The van der Waals surface area contributed by atoms with Crippen LogP contribution in [0.5, 0.6) is 5.75 Å².